The van der Waals surface area contributed by atoms with Gasteiger partial charge in [-0.05, 0) is 43.6 Å². The summed E-state index contributed by atoms with van der Waals surface area (Å²) >= 11 is 1.74. The van der Waals surface area contributed by atoms with Gasteiger partial charge >= 0.3 is 0 Å². The van der Waals surface area contributed by atoms with Crippen LogP contribution in [-0.4, -0.2) is 28.5 Å². The van der Waals surface area contributed by atoms with E-state index in [1.54, 1.807) is 11.3 Å². The zero-order valence-electron chi connectivity index (χ0n) is 14.6. The van der Waals surface area contributed by atoms with E-state index in [0.717, 1.165) is 35.9 Å². The summed E-state index contributed by atoms with van der Waals surface area (Å²) in [6, 6.07) is 0.210. The molecule has 2 aromatic rings. The van der Waals surface area contributed by atoms with Gasteiger partial charge in [-0.15, -0.1) is 11.3 Å². The van der Waals surface area contributed by atoms with Crippen molar-refractivity contribution in [1.29, 1.82) is 0 Å². The third-order valence-electron chi connectivity index (χ3n) is 4.75. The number of hydrogen-bond acceptors (Lipinski definition) is 5. The molecule has 0 fully saturated rings. The first-order valence-electron chi connectivity index (χ1n) is 8.79. The lowest BCUT2D eigenvalue weighted by molar-refractivity contribution is -0.123. The molecule has 0 saturated heterocycles. The molecule has 24 heavy (non-hydrogen) atoms. The summed E-state index contributed by atoms with van der Waals surface area (Å²) in [5.41, 5.74) is 1.32. The van der Waals surface area contributed by atoms with Crippen LogP contribution in [-0.2, 0) is 17.6 Å². The minimum absolute atomic E-state index is 0.00361. The number of carbonyl (C=O) groups excluding carboxylic acids is 1. The molecule has 0 bridgehead atoms. The van der Waals surface area contributed by atoms with Crippen LogP contribution in [0, 0.1) is 5.92 Å². The first-order valence-corrected chi connectivity index (χ1v) is 9.61. The predicted octanol–water partition coefficient (Wildman–Crippen LogP) is 3.50. The molecule has 0 aromatic carbocycles. The average Bonchev–Trinajstić information content (AvgIpc) is 2.95. The lowest BCUT2D eigenvalue weighted by Gasteiger charge is -2.18. The van der Waals surface area contributed by atoms with Gasteiger partial charge in [0.2, 0.25) is 5.88 Å². The minimum atomic E-state index is -0.0896. The molecule has 5 nitrogen and oxygen atoms in total. The fourth-order valence-electron chi connectivity index (χ4n) is 3.25. The van der Waals surface area contributed by atoms with Crippen LogP contribution in [0.5, 0.6) is 5.88 Å². The van der Waals surface area contributed by atoms with Crippen LogP contribution in [0.1, 0.15) is 50.5 Å². The van der Waals surface area contributed by atoms with Gasteiger partial charge in [0.05, 0.1) is 5.39 Å². The quantitative estimate of drug-likeness (QED) is 0.869. The molecule has 0 aliphatic heterocycles. The molecule has 2 aromatic heterocycles. The van der Waals surface area contributed by atoms with Crippen LogP contribution in [0.4, 0.5) is 0 Å². The zero-order chi connectivity index (χ0) is 17.1. The van der Waals surface area contributed by atoms with Crippen LogP contribution >= 0.6 is 11.3 Å². The average molecular weight is 347 g/mol. The van der Waals surface area contributed by atoms with E-state index < -0.39 is 0 Å². The van der Waals surface area contributed by atoms with E-state index >= 15 is 0 Å². The second-order valence-corrected chi connectivity index (χ2v) is 7.66. The summed E-state index contributed by atoms with van der Waals surface area (Å²) in [4.78, 5) is 23.1. The molecule has 6 heteroatoms. The number of fused-ring (bicyclic) bond motifs is 3. The van der Waals surface area contributed by atoms with Gasteiger partial charge in [0.25, 0.3) is 5.91 Å². The Morgan fingerprint density at radius 3 is 2.96 bits per heavy atom. The summed E-state index contributed by atoms with van der Waals surface area (Å²) in [7, 11) is 0. The lowest BCUT2D eigenvalue weighted by Crippen LogP contribution is -2.37. The molecule has 0 spiro atoms. The molecular weight excluding hydrogens is 322 g/mol. The second kappa shape index (κ2) is 7.47. The highest BCUT2D eigenvalue weighted by Gasteiger charge is 2.24. The highest BCUT2D eigenvalue weighted by Crippen LogP contribution is 2.40. The van der Waals surface area contributed by atoms with Gasteiger partial charge < -0.3 is 10.1 Å². The van der Waals surface area contributed by atoms with Gasteiger partial charge in [-0.2, -0.15) is 0 Å². The smallest absolute Gasteiger partial charge is 0.258 e. The number of aryl methyl sites for hydroxylation is 1. The van der Waals surface area contributed by atoms with Crippen molar-refractivity contribution in [3.05, 3.63) is 16.8 Å². The van der Waals surface area contributed by atoms with Crippen LogP contribution < -0.4 is 10.1 Å². The Hall–Kier alpha value is -1.69. The van der Waals surface area contributed by atoms with E-state index in [1.807, 2.05) is 0 Å². The topological polar surface area (TPSA) is 64.1 Å². The molecule has 0 saturated carbocycles. The maximum absolute atomic E-state index is 12.1. The molecular formula is C18H25N3O2S. The fourth-order valence-corrected chi connectivity index (χ4v) is 4.59. The van der Waals surface area contributed by atoms with E-state index in [9.17, 15) is 4.79 Å². The normalized spacial score (nSPS) is 17.1. The Morgan fingerprint density at radius 1 is 1.42 bits per heavy atom. The van der Waals surface area contributed by atoms with Crippen LogP contribution in [0.2, 0.25) is 0 Å². The maximum Gasteiger partial charge on any atom is 0.258 e. The molecule has 1 atom stereocenters. The van der Waals surface area contributed by atoms with Crippen molar-refractivity contribution < 1.29 is 9.53 Å². The van der Waals surface area contributed by atoms with Crippen molar-refractivity contribution >= 4 is 27.5 Å². The Bertz CT molecular complexity index is 724. The van der Waals surface area contributed by atoms with E-state index in [4.69, 9.17) is 4.74 Å². The van der Waals surface area contributed by atoms with Crippen molar-refractivity contribution in [2.24, 2.45) is 5.92 Å². The summed E-state index contributed by atoms with van der Waals surface area (Å²) in [6.45, 7) is 6.44. The third kappa shape index (κ3) is 3.53. The Labute approximate surface area is 146 Å². The zero-order valence-corrected chi connectivity index (χ0v) is 15.4. The molecule has 1 amide bonds. The number of nitrogens with zero attached hydrogens (tertiary/aromatic N) is 2. The Kier molecular flexibility index (Phi) is 5.33. The van der Waals surface area contributed by atoms with Crippen LogP contribution in [0.3, 0.4) is 0 Å². The molecule has 0 unspecified atom stereocenters. The van der Waals surface area contributed by atoms with Crippen molar-refractivity contribution in [1.82, 2.24) is 15.3 Å². The fraction of sp³-hybridized carbons (Fsp3) is 0.611. The molecule has 1 aliphatic rings. The number of hydrogen-bond donors (Lipinski definition) is 1. The molecule has 130 valence electrons. The standard InChI is InChI=1S/C18H25N3O2S/c1-4-12(5-2)21-15(22)9-23-17-16-13-7-6-11(3)8-14(13)24-18(16)20-10-19-17/h10-12H,4-9H2,1-3H3,(H,21,22)/t11-/m1/s1. The summed E-state index contributed by atoms with van der Waals surface area (Å²) in [6.07, 6.45) is 6.71. The first-order chi connectivity index (χ1) is 11.6. The Balaban J connectivity index is 1.77. The first kappa shape index (κ1) is 17.1. The number of nitrogens with one attached hydrogen (secondary N) is 1. The lowest BCUT2D eigenvalue weighted by atomic mass is 9.89. The van der Waals surface area contributed by atoms with Crippen molar-refractivity contribution in [2.75, 3.05) is 6.61 Å². The van der Waals surface area contributed by atoms with E-state index in [1.165, 1.54) is 23.2 Å². The van der Waals surface area contributed by atoms with Gasteiger partial charge in [-0.3, -0.25) is 4.79 Å². The van der Waals surface area contributed by atoms with E-state index in [0.29, 0.717) is 11.8 Å². The second-order valence-electron chi connectivity index (χ2n) is 6.58. The van der Waals surface area contributed by atoms with Gasteiger partial charge in [0.15, 0.2) is 6.61 Å². The van der Waals surface area contributed by atoms with Gasteiger partial charge in [-0.1, -0.05) is 20.8 Å². The summed E-state index contributed by atoms with van der Waals surface area (Å²) in [5.74, 6) is 1.17. The maximum atomic E-state index is 12.1. The molecule has 1 N–H and O–H groups in total. The number of ether oxygens (including phenoxy) is 1. The van der Waals surface area contributed by atoms with Gasteiger partial charge in [-0.25, -0.2) is 9.97 Å². The monoisotopic (exact) mass is 347 g/mol. The van der Waals surface area contributed by atoms with E-state index in [2.05, 4.69) is 36.1 Å². The molecule has 0 radical (unpaired) electrons. The highest BCUT2D eigenvalue weighted by molar-refractivity contribution is 7.18. The number of aromatic nitrogens is 2. The van der Waals surface area contributed by atoms with Crippen molar-refractivity contribution in [2.45, 2.75) is 58.9 Å². The van der Waals surface area contributed by atoms with Crippen molar-refractivity contribution in [3.8, 4) is 5.88 Å². The van der Waals surface area contributed by atoms with Gasteiger partial charge in [0, 0.05) is 10.9 Å². The summed E-state index contributed by atoms with van der Waals surface area (Å²) < 4.78 is 5.77. The molecule has 1 aliphatic carbocycles. The SMILES string of the molecule is CCC(CC)NC(=O)COc1ncnc2sc3c(c12)CC[C@@H](C)C3. The highest BCUT2D eigenvalue weighted by atomic mass is 32.1. The van der Waals surface area contributed by atoms with Gasteiger partial charge in [0.1, 0.15) is 11.2 Å². The molecule has 2 heterocycles. The summed E-state index contributed by atoms with van der Waals surface area (Å²) in [5, 5.41) is 4.01. The number of rotatable bonds is 6. The largest absolute Gasteiger partial charge is 0.467 e. The number of thiophene rings is 1. The van der Waals surface area contributed by atoms with Crippen LogP contribution in [0.25, 0.3) is 10.2 Å². The third-order valence-corrected chi connectivity index (χ3v) is 5.91. The Morgan fingerprint density at radius 2 is 2.21 bits per heavy atom. The number of carbonyl (C=O) groups is 1. The predicted molar refractivity (Wildman–Crippen MR) is 96.6 cm³/mol. The molecule has 3 rings (SSSR count). The minimum Gasteiger partial charge on any atom is -0.467 e. The van der Waals surface area contributed by atoms with Crippen LogP contribution in [0.15, 0.2) is 6.33 Å². The van der Waals surface area contributed by atoms with Crippen molar-refractivity contribution in [3.63, 3.8) is 0 Å². The van der Waals surface area contributed by atoms with E-state index in [-0.39, 0.29) is 18.6 Å². The number of amides is 1.